The molecule has 1 aliphatic rings. The average Bonchev–Trinajstić information content (AvgIpc) is 2.63. The van der Waals surface area contributed by atoms with E-state index >= 15 is 0 Å². The van der Waals surface area contributed by atoms with E-state index in [0.717, 1.165) is 48.1 Å². The molecule has 2 N–H and O–H groups in total. The van der Waals surface area contributed by atoms with Crippen molar-refractivity contribution in [2.75, 3.05) is 44.2 Å². The zero-order valence-corrected chi connectivity index (χ0v) is 18.1. The van der Waals surface area contributed by atoms with Gasteiger partial charge < -0.3 is 19.6 Å². The minimum Gasteiger partial charge on any atom is -0.490 e. The first kappa shape index (κ1) is 21.0. The highest BCUT2D eigenvalue weighted by atomic mass is 35.5. The van der Waals surface area contributed by atoms with Crippen LogP contribution in [0.2, 0.25) is 5.02 Å². The van der Waals surface area contributed by atoms with Gasteiger partial charge >= 0.3 is 0 Å². The highest BCUT2D eigenvalue weighted by molar-refractivity contribution is 6.30. The molecule has 152 valence electrons. The Labute approximate surface area is 173 Å². The number of piperazine rings is 1. The molecule has 28 heavy (non-hydrogen) atoms. The Balaban J connectivity index is 1.49. The number of quaternary nitrogens is 1. The van der Waals surface area contributed by atoms with Crippen LogP contribution in [-0.2, 0) is 0 Å². The maximum absolute atomic E-state index is 10.5. The van der Waals surface area contributed by atoms with Gasteiger partial charge in [0, 0.05) is 10.7 Å². The van der Waals surface area contributed by atoms with Gasteiger partial charge in [-0.05, 0) is 56.5 Å². The topological polar surface area (TPSA) is 37.1 Å². The summed E-state index contributed by atoms with van der Waals surface area (Å²) in [5.41, 5.74) is 5.97. The summed E-state index contributed by atoms with van der Waals surface area (Å²) in [5.74, 6) is 0.904. The summed E-state index contributed by atoms with van der Waals surface area (Å²) in [6, 6.07) is 10.3. The fourth-order valence-corrected chi connectivity index (χ4v) is 4.32. The number of halogens is 1. The molecule has 1 heterocycles. The van der Waals surface area contributed by atoms with Crippen LogP contribution < -0.4 is 14.5 Å². The van der Waals surface area contributed by atoms with Crippen molar-refractivity contribution in [2.45, 2.75) is 33.8 Å². The minimum atomic E-state index is -0.463. The van der Waals surface area contributed by atoms with Gasteiger partial charge in [0.05, 0.1) is 26.2 Å². The van der Waals surface area contributed by atoms with Gasteiger partial charge in [0.15, 0.2) is 0 Å². The SMILES string of the molecule is Cc1cc(C)c(OC[C@H](O)C[NH+]2CCN(c3cc(Cl)ccc3C)CC2)c(C)c1. The van der Waals surface area contributed by atoms with Crippen molar-refractivity contribution in [1.82, 2.24) is 0 Å². The maximum atomic E-state index is 10.5. The third-order valence-corrected chi connectivity index (χ3v) is 5.77. The van der Waals surface area contributed by atoms with E-state index < -0.39 is 6.10 Å². The first-order chi connectivity index (χ1) is 13.3. The van der Waals surface area contributed by atoms with Crippen LogP contribution in [0.4, 0.5) is 5.69 Å². The molecule has 5 heteroatoms. The van der Waals surface area contributed by atoms with Gasteiger partial charge in [-0.15, -0.1) is 0 Å². The molecule has 0 bridgehead atoms. The zero-order valence-electron chi connectivity index (χ0n) is 17.4. The number of hydrogen-bond donors (Lipinski definition) is 2. The van der Waals surface area contributed by atoms with Gasteiger partial charge in [0.25, 0.3) is 0 Å². The van der Waals surface area contributed by atoms with Crippen LogP contribution in [0, 0.1) is 27.7 Å². The van der Waals surface area contributed by atoms with Crippen LogP contribution in [0.3, 0.4) is 0 Å². The van der Waals surface area contributed by atoms with Crippen LogP contribution in [0.1, 0.15) is 22.3 Å². The lowest BCUT2D eigenvalue weighted by Crippen LogP contribution is -3.16. The van der Waals surface area contributed by atoms with E-state index in [1.54, 1.807) is 0 Å². The lowest BCUT2D eigenvalue weighted by molar-refractivity contribution is -0.903. The molecule has 2 aromatic carbocycles. The van der Waals surface area contributed by atoms with Gasteiger partial charge in [-0.1, -0.05) is 35.4 Å². The Bertz CT molecular complexity index is 793. The molecule has 0 spiro atoms. The predicted octanol–water partition coefficient (Wildman–Crippen LogP) is 2.72. The molecule has 1 aliphatic heterocycles. The predicted molar refractivity (Wildman–Crippen MR) is 116 cm³/mol. The monoisotopic (exact) mass is 403 g/mol. The molecule has 2 aromatic rings. The second kappa shape index (κ2) is 9.17. The normalized spacial score (nSPS) is 16.3. The van der Waals surface area contributed by atoms with Crippen LogP contribution >= 0.6 is 11.6 Å². The number of nitrogens with one attached hydrogen (secondary N) is 1. The fourth-order valence-electron chi connectivity index (χ4n) is 4.16. The molecule has 0 amide bonds. The molecule has 0 saturated carbocycles. The van der Waals surface area contributed by atoms with E-state index in [9.17, 15) is 5.11 Å². The van der Waals surface area contributed by atoms with Crippen LogP contribution in [-0.4, -0.2) is 50.5 Å². The number of aliphatic hydroxyl groups is 1. The van der Waals surface area contributed by atoms with Gasteiger partial charge in [0.1, 0.15) is 25.0 Å². The van der Waals surface area contributed by atoms with Crippen LogP contribution in [0.5, 0.6) is 5.75 Å². The molecule has 0 radical (unpaired) electrons. The molecular formula is C23H32ClN2O2+. The van der Waals surface area contributed by atoms with Gasteiger partial charge in [0.2, 0.25) is 0 Å². The Morgan fingerprint density at radius 2 is 1.68 bits per heavy atom. The number of nitrogens with zero attached hydrogens (tertiary/aromatic N) is 1. The number of aliphatic hydroxyl groups excluding tert-OH is 1. The van der Waals surface area contributed by atoms with Crippen molar-refractivity contribution in [1.29, 1.82) is 0 Å². The Morgan fingerprint density at radius 1 is 1.04 bits per heavy atom. The van der Waals surface area contributed by atoms with Crippen molar-refractivity contribution in [2.24, 2.45) is 0 Å². The number of aryl methyl sites for hydroxylation is 4. The van der Waals surface area contributed by atoms with Gasteiger partial charge in [-0.2, -0.15) is 0 Å². The average molecular weight is 404 g/mol. The van der Waals surface area contributed by atoms with E-state index in [2.05, 4.69) is 56.9 Å². The summed E-state index contributed by atoms with van der Waals surface area (Å²) in [7, 11) is 0. The molecule has 3 rings (SSSR count). The van der Waals surface area contributed by atoms with Crippen molar-refractivity contribution in [3.63, 3.8) is 0 Å². The summed E-state index contributed by atoms with van der Waals surface area (Å²) in [4.78, 5) is 3.82. The highest BCUT2D eigenvalue weighted by Crippen LogP contribution is 2.25. The number of anilines is 1. The van der Waals surface area contributed by atoms with Gasteiger partial charge in [-0.25, -0.2) is 0 Å². The van der Waals surface area contributed by atoms with E-state index in [0.29, 0.717) is 13.2 Å². The smallest absolute Gasteiger partial charge is 0.137 e. The number of ether oxygens (including phenoxy) is 1. The second-order valence-corrected chi connectivity index (χ2v) is 8.50. The zero-order chi connectivity index (χ0) is 20.3. The third-order valence-electron chi connectivity index (χ3n) is 5.53. The molecule has 0 aromatic heterocycles. The molecule has 4 nitrogen and oxygen atoms in total. The van der Waals surface area contributed by atoms with Crippen molar-refractivity contribution in [3.8, 4) is 5.75 Å². The molecule has 0 aliphatic carbocycles. The summed E-state index contributed by atoms with van der Waals surface area (Å²) in [6.07, 6.45) is -0.463. The summed E-state index contributed by atoms with van der Waals surface area (Å²) < 4.78 is 5.96. The van der Waals surface area contributed by atoms with Crippen molar-refractivity contribution in [3.05, 3.63) is 57.6 Å². The lowest BCUT2D eigenvalue weighted by atomic mass is 10.1. The highest BCUT2D eigenvalue weighted by Gasteiger charge is 2.24. The summed E-state index contributed by atoms with van der Waals surface area (Å²) in [5, 5.41) is 11.3. The number of rotatable bonds is 6. The minimum absolute atomic E-state index is 0.339. The van der Waals surface area contributed by atoms with Gasteiger partial charge in [-0.3, -0.25) is 0 Å². The summed E-state index contributed by atoms with van der Waals surface area (Å²) in [6.45, 7) is 13.3. The van der Waals surface area contributed by atoms with Crippen molar-refractivity contribution < 1.29 is 14.7 Å². The largest absolute Gasteiger partial charge is 0.490 e. The molecule has 1 fully saturated rings. The Hall–Kier alpha value is -1.75. The lowest BCUT2D eigenvalue weighted by Gasteiger charge is -2.35. The first-order valence-corrected chi connectivity index (χ1v) is 10.4. The molecule has 0 unspecified atom stereocenters. The number of benzene rings is 2. The Morgan fingerprint density at radius 3 is 2.32 bits per heavy atom. The number of hydrogen-bond acceptors (Lipinski definition) is 3. The Kier molecular flexibility index (Phi) is 6.86. The van der Waals surface area contributed by atoms with Crippen molar-refractivity contribution >= 4 is 17.3 Å². The summed E-state index contributed by atoms with van der Waals surface area (Å²) >= 11 is 6.17. The molecule has 1 saturated heterocycles. The van der Waals surface area contributed by atoms with Crippen LogP contribution in [0.25, 0.3) is 0 Å². The van der Waals surface area contributed by atoms with E-state index in [-0.39, 0.29) is 0 Å². The van der Waals surface area contributed by atoms with E-state index in [4.69, 9.17) is 16.3 Å². The standard InChI is InChI=1S/C23H31ClN2O2/c1-16-11-18(3)23(19(4)12-16)28-15-21(27)14-25-7-9-26(10-8-25)22-13-20(24)6-5-17(22)2/h5-6,11-13,21,27H,7-10,14-15H2,1-4H3/p+1/t21-/m1/s1. The van der Waals surface area contributed by atoms with E-state index in [1.165, 1.54) is 21.7 Å². The first-order valence-electron chi connectivity index (χ1n) is 10.1. The van der Waals surface area contributed by atoms with Crippen LogP contribution in [0.15, 0.2) is 30.3 Å². The fraction of sp³-hybridized carbons (Fsp3) is 0.478. The molecular weight excluding hydrogens is 372 g/mol. The third kappa shape index (κ3) is 5.19. The maximum Gasteiger partial charge on any atom is 0.137 e. The molecule has 1 atom stereocenters. The second-order valence-electron chi connectivity index (χ2n) is 8.06. The van der Waals surface area contributed by atoms with E-state index in [1.807, 2.05) is 6.07 Å². The quantitative estimate of drug-likeness (QED) is 0.778.